The first kappa shape index (κ1) is 14.6. The predicted octanol–water partition coefficient (Wildman–Crippen LogP) is 3.38. The topological polar surface area (TPSA) is 42.4 Å². The number of carbonyl (C=O) groups excluding carboxylic acids is 1. The summed E-state index contributed by atoms with van der Waals surface area (Å²) < 4.78 is 5.21. The van der Waals surface area contributed by atoms with Crippen LogP contribution < -0.4 is 4.74 Å². The van der Waals surface area contributed by atoms with E-state index in [0.29, 0.717) is 5.88 Å². The number of carbonyl (C=O) groups is 1. The second kappa shape index (κ2) is 6.18. The number of ether oxygens (including phenoxy) is 1. The first-order valence-corrected chi connectivity index (χ1v) is 7.57. The molecule has 0 N–H and O–H groups in total. The smallest absolute Gasteiger partial charge is 0.254 e. The number of likely N-dealkylation sites (tertiary alicyclic amines) is 1. The lowest BCUT2D eigenvalue weighted by Crippen LogP contribution is -2.30. The average molecular weight is 296 g/mol. The third kappa shape index (κ3) is 2.69. The lowest BCUT2D eigenvalue weighted by molar-refractivity contribution is 0.0735. The van der Waals surface area contributed by atoms with E-state index in [1.807, 2.05) is 48.4 Å². The van der Waals surface area contributed by atoms with Crippen LogP contribution in [-0.4, -0.2) is 29.4 Å². The van der Waals surface area contributed by atoms with Gasteiger partial charge < -0.3 is 9.64 Å². The van der Waals surface area contributed by atoms with Crippen molar-refractivity contribution in [3.05, 3.63) is 59.3 Å². The zero-order valence-corrected chi connectivity index (χ0v) is 13.0. The summed E-state index contributed by atoms with van der Waals surface area (Å²) in [5.41, 5.74) is 2.83. The lowest BCUT2D eigenvalue weighted by Gasteiger charge is -2.25. The van der Waals surface area contributed by atoms with Crippen LogP contribution in [0, 0.1) is 6.92 Å². The number of benzene rings is 1. The van der Waals surface area contributed by atoms with Gasteiger partial charge in [0, 0.05) is 23.9 Å². The molecule has 1 aliphatic heterocycles. The van der Waals surface area contributed by atoms with Crippen molar-refractivity contribution in [1.82, 2.24) is 9.88 Å². The van der Waals surface area contributed by atoms with Gasteiger partial charge in [-0.15, -0.1) is 0 Å². The summed E-state index contributed by atoms with van der Waals surface area (Å²) in [5, 5.41) is 0. The van der Waals surface area contributed by atoms with Gasteiger partial charge in [-0.2, -0.15) is 0 Å². The Morgan fingerprint density at radius 1 is 1.32 bits per heavy atom. The van der Waals surface area contributed by atoms with Crippen molar-refractivity contribution >= 4 is 5.91 Å². The highest BCUT2D eigenvalue weighted by molar-refractivity contribution is 5.94. The summed E-state index contributed by atoms with van der Waals surface area (Å²) in [6.07, 6.45) is 3.83. The fourth-order valence-electron chi connectivity index (χ4n) is 3.08. The van der Waals surface area contributed by atoms with Gasteiger partial charge in [0.05, 0.1) is 13.2 Å². The molecule has 2 aromatic rings. The molecule has 0 radical (unpaired) electrons. The molecule has 1 aromatic carbocycles. The van der Waals surface area contributed by atoms with Gasteiger partial charge in [0.25, 0.3) is 5.91 Å². The van der Waals surface area contributed by atoms with E-state index in [4.69, 9.17) is 4.74 Å². The van der Waals surface area contributed by atoms with Crippen LogP contribution in [0.2, 0.25) is 0 Å². The van der Waals surface area contributed by atoms with Gasteiger partial charge in [-0.25, -0.2) is 4.98 Å². The zero-order chi connectivity index (χ0) is 15.5. The highest BCUT2D eigenvalue weighted by atomic mass is 16.5. The Bertz CT molecular complexity index is 670. The number of hydrogen-bond acceptors (Lipinski definition) is 3. The second-order valence-electron chi connectivity index (χ2n) is 5.62. The third-order valence-corrected chi connectivity index (χ3v) is 4.16. The number of nitrogens with zero attached hydrogens (tertiary/aromatic N) is 2. The molecule has 1 fully saturated rings. The van der Waals surface area contributed by atoms with Crippen molar-refractivity contribution in [1.29, 1.82) is 0 Å². The van der Waals surface area contributed by atoms with Crippen molar-refractivity contribution in [3.63, 3.8) is 0 Å². The van der Waals surface area contributed by atoms with Crippen LogP contribution in [0.3, 0.4) is 0 Å². The highest BCUT2D eigenvalue weighted by Gasteiger charge is 2.31. The Kier molecular flexibility index (Phi) is 4.09. The first-order valence-electron chi connectivity index (χ1n) is 7.57. The minimum absolute atomic E-state index is 0.0940. The summed E-state index contributed by atoms with van der Waals surface area (Å²) >= 11 is 0. The second-order valence-corrected chi connectivity index (χ2v) is 5.62. The molecule has 1 amide bonds. The number of methoxy groups -OCH3 is 1. The summed E-state index contributed by atoms with van der Waals surface area (Å²) in [6, 6.07) is 11.6. The molecule has 0 bridgehead atoms. The maximum atomic E-state index is 12.7. The van der Waals surface area contributed by atoms with Crippen molar-refractivity contribution in [2.45, 2.75) is 25.8 Å². The average Bonchev–Trinajstić information content (AvgIpc) is 3.04. The number of hydrogen-bond donors (Lipinski definition) is 0. The minimum Gasteiger partial charge on any atom is -0.481 e. The molecule has 1 aromatic heterocycles. The zero-order valence-electron chi connectivity index (χ0n) is 13.0. The normalized spacial score (nSPS) is 17.5. The van der Waals surface area contributed by atoms with E-state index in [1.54, 1.807) is 7.11 Å². The van der Waals surface area contributed by atoms with E-state index in [-0.39, 0.29) is 11.9 Å². The van der Waals surface area contributed by atoms with E-state index in [2.05, 4.69) is 11.1 Å². The van der Waals surface area contributed by atoms with Crippen LogP contribution in [-0.2, 0) is 0 Å². The van der Waals surface area contributed by atoms with Crippen molar-refractivity contribution in [2.24, 2.45) is 0 Å². The number of amides is 1. The molecule has 0 saturated carbocycles. The Morgan fingerprint density at radius 2 is 2.09 bits per heavy atom. The Morgan fingerprint density at radius 3 is 2.77 bits per heavy atom. The molecule has 4 heteroatoms. The maximum Gasteiger partial charge on any atom is 0.254 e. The molecule has 0 aliphatic carbocycles. The molecule has 22 heavy (non-hydrogen) atoms. The van der Waals surface area contributed by atoms with Crippen LogP contribution in [0.4, 0.5) is 0 Å². The van der Waals surface area contributed by atoms with Crippen molar-refractivity contribution in [2.75, 3.05) is 13.7 Å². The van der Waals surface area contributed by atoms with E-state index in [1.165, 1.54) is 0 Å². The SMILES string of the molecule is COc1ncc([C@H]2CCCN2C(=O)c2ccccc2)cc1C. The predicted molar refractivity (Wildman–Crippen MR) is 85.0 cm³/mol. The number of aromatic nitrogens is 1. The fraction of sp³-hybridized carbons (Fsp3) is 0.333. The van der Waals surface area contributed by atoms with Crippen LogP contribution in [0.25, 0.3) is 0 Å². The van der Waals surface area contributed by atoms with Gasteiger partial charge in [0.2, 0.25) is 5.88 Å². The van der Waals surface area contributed by atoms with E-state index in [0.717, 1.165) is 36.1 Å². The van der Waals surface area contributed by atoms with E-state index >= 15 is 0 Å². The third-order valence-electron chi connectivity index (χ3n) is 4.16. The molecule has 3 rings (SSSR count). The minimum atomic E-state index is 0.0940. The Balaban J connectivity index is 1.87. The van der Waals surface area contributed by atoms with Crippen LogP contribution in [0.15, 0.2) is 42.6 Å². The molecule has 0 unspecified atom stereocenters. The monoisotopic (exact) mass is 296 g/mol. The lowest BCUT2D eigenvalue weighted by atomic mass is 10.0. The molecule has 1 saturated heterocycles. The van der Waals surface area contributed by atoms with Gasteiger partial charge in [0.1, 0.15) is 0 Å². The van der Waals surface area contributed by atoms with Crippen LogP contribution in [0.5, 0.6) is 5.88 Å². The number of pyridine rings is 1. The first-order chi connectivity index (χ1) is 10.7. The van der Waals surface area contributed by atoms with Crippen LogP contribution in [0.1, 0.15) is 40.4 Å². The Labute approximate surface area is 130 Å². The van der Waals surface area contributed by atoms with Gasteiger partial charge in [-0.3, -0.25) is 4.79 Å². The summed E-state index contributed by atoms with van der Waals surface area (Å²) in [7, 11) is 1.62. The number of rotatable bonds is 3. The molecule has 114 valence electrons. The van der Waals surface area contributed by atoms with Crippen molar-refractivity contribution < 1.29 is 9.53 Å². The summed E-state index contributed by atoms with van der Waals surface area (Å²) in [6.45, 7) is 2.77. The summed E-state index contributed by atoms with van der Waals surface area (Å²) in [5.74, 6) is 0.735. The van der Waals surface area contributed by atoms with Crippen molar-refractivity contribution in [3.8, 4) is 5.88 Å². The molecule has 1 aliphatic rings. The molecular weight excluding hydrogens is 276 g/mol. The highest BCUT2D eigenvalue weighted by Crippen LogP contribution is 2.34. The summed E-state index contributed by atoms with van der Waals surface area (Å²) in [4.78, 5) is 19.0. The number of aryl methyl sites for hydroxylation is 1. The fourth-order valence-corrected chi connectivity index (χ4v) is 3.08. The molecule has 1 atom stereocenters. The van der Waals surface area contributed by atoms with Gasteiger partial charge in [0.15, 0.2) is 0 Å². The molecular formula is C18H20N2O2. The van der Waals surface area contributed by atoms with Gasteiger partial charge in [-0.1, -0.05) is 18.2 Å². The van der Waals surface area contributed by atoms with Gasteiger partial charge >= 0.3 is 0 Å². The molecule has 4 nitrogen and oxygen atoms in total. The largest absolute Gasteiger partial charge is 0.481 e. The Hall–Kier alpha value is -2.36. The van der Waals surface area contributed by atoms with Crippen LogP contribution >= 0.6 is 0 Å². The molecule has 0 spiro atoms. The van der Waals surface area contributed by atoms with Gasteiger partial charge in [-0.05, 0) is 43.5 Å². The van der Waals surface area contributed by atoms with E-state index in [9.17, 15) is 4.79 Å². The maximum absolute atomic E-state index is 12.7. The van der Waals surface area contributed by atoms with E-state index < -0.39 is 0 Å². The standard InChI is InChI=1S/C18H20N2O2/c1-13-11-15(12-19-17(13)22-2)16-9-6-10-20(16)18(21)14-7-4-3-5-8-14/h3-5,7-8,11-12,16H,6,9-10H2,1-2H3/t16-/m1/s1. The quantitative estimate of drug-likeness (QED) is 0.872. The molecule has 2 heterocycles.